The first-order valence-corrected chi connectivity index (χ1v) is 15.6. The molecule has 1 aromatic carbocycles. The average Bonchev–Trinajstić information content (AvgIpc) is 3.05. The molecule has 0 saturated carbocycles. The van der Waals surface area contributed by atoms with Crippen molar-refractivity contribution in [2.24, 2.45) is 17.3 Å². The van der Waals surface area contributed by atoms with Crippen molar-refractivity contribution in [3.8, 4) is 0 Å². The van der Waals surface area contributed by atoms with Crippen LogP contribution < -0.4 is 4.90 Å². The van der Waals surface area contributed by atoms with E-state index in [0.717, 1.165) is 12.0 Å². The summed E-state index contributed by atoms with van der Waals surface area (Å²) in [6.07, 6.45) is 14.6. The maximum Gasteiger partial charge on any atom is 0.0570 e. The van der Waals surface area contributed by atoms with Gasteiger partial charge in [-0.3, -0.25) is 0 Å². The molecule has 1 unspecified atom stereocenters. The number of anilines is 1. The summed E-state index contributed by atoms with van der Waals surface area (Å²) >= 11 is 6.33. The lowest BCUT2D eigenvalue weighted by Gasteiger charge is -2.39. The molecule has 220 valence electrons. The van der Waals surface area contributed by atoms with E-state index in [9.17, 15) is 0 Å². The summed E-state index contributed by atoms with van der Waals surface area (Å²) in [5, 5.41) is 0. The van der Waals surface area contributed by atoms with Crippen LogP contribution in [0, 0.1) is 17.3 Å². The predicted octanol–water partition coefficient (Wildman–Crippen LogP) is 12.2. The van der Waals surface area contributed by atoms with Crippen molar-refractivity contribution in [1.82, 2.24) is 0 Å². The number of rotatable bonds is 13. The summed E-state index contributed by atoms with van der Waals surface area (Å²) in [6.45, 7) is 31.9. The van der Waals surface area contributed by atoms with Crippen LogP contribution in [0.1, 0.15) is 113 Å². The zero-order chi connectivity index (χ0) is 30.4. The zero-order valence-electron chi connectivity index (χ0n) is 27.6. The third-order valence-electron chi connectivity index (χ3n) is 8.55. The van der Waals surface area contributed by atoms with Crippen LogP contribution in [0.25, 0.3) is 5.57 Å². The smallest absolute Gasteiger partial charge is 0.0570 e. The SMILES string of the molecule is C=C(C)CC(/C=C/Cl)N(C(=C/C)/C=C(\C(C)C)C(C)(C)CCC(C)C)c1cccc2c1C(C)(C)C(/C=C\C)=C2C. The third kappa shape index (κ3) is 7.52. The van der Waals surface area contributed by atoms with Crippen LogP contribution in [0.3, 0.4) is 0 Å². The van der Waals surface area contributed by atoms with Crippen molar-refractivity contribution >= 4 is 22.9 Å². The van der Waals surface area contributed by atoms with E-state index >= 15 is 0 Å². The Morgan fingerprint density at radius 3 is 2.27 bits per heavy atom. The van der Waals surface area contributed by atoms with Gasteiger partial charge in [0.05, 0.1) is 6.04 Å². The quantitative estimate of drug-likeness (QED) is 0.171. The summed E-state index contributed by atoms with van der Waals surface area (Å²) in [5.41, 5.74) is 12.2. The molecular weight excluding hydrogens is 506 g/mol. The van der Waals surface area contributed by atoms with Gasteiger partial charge in [0.1, 0.15) is 0 Å². The fraction of sp³-hybridized carbons (Fsp3) is 0.526. The summed E-state index contributed by atoms with van der Waals surface area (Å²) in [5.74, 6) is 1.13. The van der Waals surface area contributed by atoms with Gasteiger partial charge >= 0.3 is 0 Å². The van der Waals surface area contributed by atoms with Gasteiger partial charge in [-0.05, 0) is 92.2 Å². The van der Waals surface area contributed by atoms with Crippen molar-refractivity contribution in [3.63, 3.8) is 0 Å². The van der Waals surface area contributed by atoms with E-state index in [4.69, 9.17) is 11.6 Å². The lowest BCUT2D eigenvalue weighted by molar-refractivity contribution is 0.336. The number of halogens is 1. The molecular formula is C38H56ClN. The first-order valence-electron chi connectivity index (χ1n) is 15.2. The molecule has 0 saturated heterocycles. The van der Waals surface area contributed by atoms with Crippen molar-refractivity contribution in [2.75, 3.05) is 4.90 Å². The van der Waals surface area contributed by atoms with Crippen molar-refractivity contribution in [3.05, 3.63) is 94.2 Å². The van der Waals surface area contributed by atoms with E-state index in [1.54, 1.807) is 5.54 Å². The molecule has 1 nitrogen and oxygen atoms in total. The number of hydrogen-bond donors (Lipinski definition) is 0. The van der Waals surface area contributed by atoms with Crippen molar-refractivity contribution < 1.29 is 0 Å². The number of nitrogens with zero attached hydrogens (tertiary/aromatic N) is 1. The highest BCUT2D eigenvalue weighted by molar-refractivity contribution is 6.25. The van der Waals surface area contributed by atoms with Crippen LogP contribution in [0.2, 0.25) is 0 Å². The van der Waals surface area contributed by atoms with Crippen LogP contribution in [-0.2, 0) is 5.41 Å². The van der Waals surface area contributed by atoms with E-state index < -0.39 is 0 Å². The highest BCUT2D eigenvalue weighted by atomic mass is 35.5. The van der Waals surface area contributed by atoms with E-state index in [0.29, 0.717) is 11.8 Å². The Morgan fingerprint density at radius 2 is 1.77 bits per heavy atom. The second kappa shape index (κ2) is 14.1. The zero-order valence-corrected chi connectivity index (χ0v) is 28.3. The van der Waals surface area contributed by atoms with Gasteiger partial charge in [-0.15, -0.1) is 6.58 Å². The van der Waals surface area contributed by atoms with Crippen LogP contribution in [-0.4, -0.2) is 6.04 Å². The van der Waals surface area contributed by atoms with Gasteiger partial charge in [0.25, 0.3) is 0 Å². The fourth-order valence-electron chi connectivity index (χ4n) is 6.54. The van der Waals surface area contributed by atoms with Crippen molar-refractivity contribution in [2.45, 2.75) is 114 Å². The minimum Gasteiger partial charge on any atom is -0.334 e. The lowest BCUT2D eigenvalue weighted by atomic mass is 9.73. The summed E-state index contributed by atoms with van der Waals surface area (Å²) in [6, 6.07) is 6.85. The van der Waals surface area contributed by atoms with Crippen LogP contribution in [0.15, 0.2) is 83.1 Å². The number of hydrogen-bond acceptors (Lipinski definition) is 1. The molecule has 0 aliphatic heterocycles. The van der Waals surface area contributed by atoms with E-state index in [1.165, 1.54) is 52.1 Å². The molecule has 0 heterocycles. The Kier molecular flexibility index (Phi) is 12.0. The molecule has 0 spiro atoms. The minimum atomic E-state index is -0.126. The molecule has 0 radical (unpaired) electrons. The van der Waals surface area contributed by atoms with Crippen molar-refractivity contribution in [1.29, 1.82) is 0 Å². The summed E-state index contributed by atoms with van der Waals surface area (Å²) in [7, 11) is 0. The molecule has 0 N–H and O–H groups in total. The maximum atomic E-state index is 6.33. The van der Waals surface area contributed by atoms with E-state index in [2.05, 4.69) is 143 Å². The monoisotopic (exact) mass is 561 g/mol. The largest absolute Gasteiger partial charge is 0.334 e. The van der Waals surface area contributed by atoms with Crippen LogP contribution >= 0.6 is 11.6 Å². The molecule has 2 rings (SSSR count). The molecule has 0 amide bonds. The van der Waals surface area contributed by atoms with Gasteiger partial charge in [0.15, 0.2) is 0 Å². The number of allylic oxidation sites excluding steroid dienone is 7. The molecule has 0 bridgehead atoms. The van der Waals surface area contributed by atoms with Gasteiger partial charge in [0.2, 0.25) is 0 Å². The Hall–Kier alpha value is -2.25. The van der Waals surface area contributed by atoms with Crippen LogP contribution in [0.5, 0.6) is 0 Å². The number of benzene rings is 1. The minimum absolute atomic E-state index is 0.0398. The topological polar surface area (TPSA) is 3.24 Å². The highest BCUT2D eigenvalue weighted by Crippen LogP contribution is 2.51. The Balaban J connectivity index is 2.90. The molecule has 0 aromatic heterocycles. The maximum absolute atomic E-state index is 6.33. The summed E-state index contributed by atoms with van der Waals surface area (Å²) < 4.78 is 0. The third-order valence-corrected chi connectivity index (χ3v) is 8.70. The second-order valence-electron chi connectivity index (χ2n) is 13.6. The van der Waals surface area contributed by atoms with Crippen LogP contribution in [0.4, 0.5) is 5.69 Å². The Labute approximate surface area is 252 Å². The van der Waals surface area contributed by atoms with Gasteiger partial charge in [0, 0.05) is 22.3 Å². The van der Waals surface area contributed by atoms with Gasteiger partial charge < -0.3 is 4.90 Å². The standard InChI is InChI=1S/C38H56ClN/c1-14-17-33-29(9)32-18-16-19-35(36(32)38(33,12)13)40(31(21-23-39)24-27(5)6)30(15-2)25-34(28(7)8)37(10,11)22-20-26(3)4/h14-19,21,23,25-26,28,31H,5,20,22,24H2,1-4,6-13H3/b17-14-,23-21+,30-15+,34-25+. The molecule has 2 heteroatoms. The Bertz CT molecular complexity index is 1200. The average molecular weight is 562 g/mol. The number of fused-ring (bicyclic) bond motifs is 1. The van der Waals surface area contributed by atoms with E-state index in [-0.39, 0.29) is 16.9 Å². The Morgan fingerprint density at radius 1 is 1.12 bits per heavy atom. The predicted molar refractivity (Wildman–Crippen MR) is 182 cm³/mol. The van der Waals surface area contributed by atoms with E-state index in [1.807, 2.05) is 0 Å². The molecule has 1 aliphatic rings. The van der Waals surface area contributed by atoms with Gasteiger partial charge in [-0.1, -0.05) is 121 Å². The molecule has 0 fully saturated rings. The van der Waals surface area contributed by atoms with Gasteiger partial charge in [-0.25, -0.2) is 0 Å². The molecule has 1 aliphatic carbocycles. The normalized spacial score (nSPS) is 17.1. The first-order chi connectivity index (χ1) is 18.6. The highest BCUT2D eigenvalue weighted by Gasteiger charge is 2.39. The lowest BCUT2D eigenvalue weighted by Crippen LogP contribution is -2.36. The first kappa shape index (κ1) is 34.0. The second-order valence-corrected chi connectivity index (χ2v) is 13.8. The molecule has 1 atom stereocenters. The fourth-order valence-corrected chi connectivity index (χ4v) is 6.71. The molecule has 40 heavy (non-hydrogen) atoms. The molecule has 1 aromatic rings. The summed E-state index contributed by atoms with van der Waals surface area (Å²) in [4.78, 5) is 2.53. The van der Waals surface area contributed by atoms with Gasteiger partial charge in [-0.2, -0.15) is 0 Å².